The highest BCUT2D eigenvalue weighted by atomic mass is 32.1. The van der Waals surface area contributed by atoms with E-state index in [1.54, 1.807) is 11.3 Å². The zero-order valence-electron chi connectivity index (χ0n) is 10.0. The van der Waals surface area contributed by atoms with Crippen LogP contribution >= 0.6 is 11.3 Å². The zero-order valence-corrected chi connectivity index (χ0v) is 10.8. The van der Waals surface area contributed by atoms with Gasteiger partial charge in [-0.25, -0.2) is 4.98 Å². The number of nitrogens with zero attached hydrogens (tertiary/aromatic N) is 1. The van der Waals surface area contributed by atoms with Crippen molar-refractivity contribution in [1.82, 2.24) is 10.3 Å². The second-order valence-corrected chi connectivity index (χ2v) is 5.32. The molecule has 1 fully saturated rings. The Labute approximate surface area is 101 Å². The molecule has 16 heavy (non-hydrogen) atoms. The maximum absolute atomic E-state index is 5.47. The molecule has 3 nitrogen and oxygen atoms in total. The number of ether oxygens (including phenoxy) is 1. The predicted molar refractivity (Wildman–Crippen MR) is 66.9 cm³/mol. The second kappa shape index (κ2) is 5.75. The Morgan fingerprint density at radius 1 is 1.69 bits per heavy atom. The van der Waals surface area contributed by atoms with Crippen molar-refractivity contribution in [3.05, 3.63) is 16.1 Å². The third kappa shape index (κ3) is 3.03. The fraction of sp³-hybridized carbons (Fsp3) is 0.750. The summed E-state index contributed by atoms with van der Waals surface area (Å²) >= 11 is 1.77. The maximum atomic E-state index is 5.47. The first-order valence-electron chi connectivity index (χ1n) is 6.01. The standard InChI is InChI=1S/C12H20N2OS/c1-3-13-11(10-4-5-15-7-10)6-12-14-9(2)8-16-12/h8,10-11,13H,3-7H2,1-2H3. The fourth-order valence-electron chi connectivity index (χ4n) is 2.22. The number of thiazole rings is 1. The predicted octanol–water partition coefficient (Wildman–Crippen LogP) is 2.01. The number of hydrogen-bond acceptors (Lipinski definition) is 4. The summed E-state index contributed by atoms with van der Waals surface area (Å²) in [4.78, 5) is 4.54. The second-order valence-electron chi connectivity index (χ2n) is 4.37. The molecule has 90 valence electrons. The van der Waals surface area contributed by atoms with Gasteiger partial charge in [-0.05, 0) is 19.9 Å². The van der Waals surface area contributed by atoms with Crippen LogP contribution in [0.1, 0.15) is 24.0 Å². The molecule has 1 aliphatic heterocycles. The van der Waals surface area contributed by atoms with Gasteiger partial charge in [0, 0.05) is 36.1 Å². The SMILES string of the molecule is CCNC(Cc1nc(C)cs1)C1CCOC1. The Hall–Kier alpha value is -0.450. The smallest absolute Gasteiger partial charge is 0.0943 e. The summed E-state index contributed by atoms with van der Waals surface area (Å²) in [5, 5.41) is 6.94. The van der Waals surface area contributed by atoms with Gasteiger partial charge < -0.3 is 10.1 Å². The van der Waals surface area contributed by atoms with Gasteiger partial charge in [-0.3, -0.25) is 0 Å². The summed E-state index contributed by atoms with van der Waals surface area (Å²) in [7, 11) is 0. The highest BCUT2D eigenvalue weighted by Crippen LogP contribution is 2.21. The third-order valence-corrected chi connectivity index (χ3v) is 4.05. The van der Waals surface area contributed by atoms with E-state index in [-0.39, 0.29) is 0 Å². The first-order valence-corrected chi connectivity index (χ1v) is 6.89. The van der Waals surface area contributed by atoms with Crippen LogP contribution in [0.3, 0.4) is 0 Å². The van der Waals surface area contributed by atoms with Crippen LogP contribution in [0.4, 0.5) is 0 Å². The molecule has 1 N–H and O–H groups in total. The number of likely N-dealkylation sites (N-methyl/N-ethyl adjacent to an activating group) is 1. The maximum Gasteiger partial charge on any atom is 0.0943 e. The van der Waals surface area contributed by atoms with E-state index in [0.29, 0.717) is 12.0 Å². The first kappa shape index (κ1) is 12.0. The fourth-order valence-corrected chi connectivity index (χ4v) is 3.05. The summed E-state index contributed by atoms with van der Waals surface area (Å²) in [5.74, 6) is 0.657. The number of aryl methyl sites for hydroxylation is 1. The summed E-state index contributed by atoms with van der Waals surface area (Å²) in [6, 6.07) is 0.526. The van der Waals surface area contributed by atoms with Crippen molar-refractivity contribution >= 4 is 11.3 Å². The van der Waals surface area contributed by atoms with Crippen LogP contribution in [0.5, 0.6) is 0 Å². The van der Waals surface area contributed by atoms with E-state index >= 15 is 0 Å². The highest BCUT2D eigenvalue weighted by molar-refractivity contribution is 7.09. The van der Waals surface area contributed by atoms with Gasteiger partial charge in [-0.2, -0.15) is 0 Å². The van der Waals surface area contributed by atoms with E-state index in [2.05, 4.69) is 29.5 Å². The molecule has 0 bridgehead atoms. The Bertz CT molecular complexity index is 321. The van der Waals surface area contributed by atoms with Crippen LogP contribution in [0, 0.1) is 12.8 Å². The van der Waals surface area contributed by atoms with Crippen LogP contribution in [0.15, 0.2) is 5.38 Å². The molecule has 2 unspecified atom stereocenters. The Balaban J connectivity index is 1.96. The van der Waals surface area contributed by atoms with Crippen LogP contribution in [0.2, 0.25) is 0 Å². The summed E-state index contributed by atoms with van der Waals surface area (Å²) in [6.07, 6.45) is 2.22. The minimum atomic E-state index is 0.526. The van der Waals surface area contributed by atoms with Crippen molar-refractivity contribution in [3.63, 3.8) is 0 Å². The van der Waals surface area contributed by atoms with Crippen LogP contribution in [-0.4, -0.2) is 30.8 Å². The minimum absolute atomic E-state index is 0.526. The van der Waals surface area contributed by atoms with Crippen molar-refractivity contribution in [3.8, 4) is 0 Å². The largest absolute Gasteiger partial charge is 0.381 e. The Morgan fingerprint density at radius 3 is 3.12 bits per heavy atom. The third-order valence-electron chi connectivity index (χ3n) is 3.06. The summed E-state index contributed by atoms with van der Waals surface area (Å²) in [5.41, 5.74) is 1.14. The molecule has 0 radical (unpaired) electrons. The van der Waals surface area contributed by atoms with Crippen LogP contribution in [0.25, 0.3) is 0 Å². The molecule has 0 aromatic carbocycles. The van der Waals surface area contributed by atoms with Gasteiger partial charge in [-0.1, -0.05) is 6.92 Å². The zero-order chi connectivity index (χ0) is 11.4. The number of rotatable bonds is 5. The molecule has 0 saturated carbocycles. The molecule has 2 heterocycles. The first-order chi connectivity index (χ1) is 7.79. The van der Waals surface area contributed by atoms with Gasteiger partial charge in [0.1, 0.15) is 0 Å². The van der Waals surface area contributed by atoms with Crippen molar-refractivity contribution < 1.29 is 4.74 Å². The monoisotopic (exact) mass is 240 g/mol. The molecule has 1 aliphatic rings. The Morgan fingerprint density at radius 2 is 2.56 bits per heavy atom. The Kier molecular flexibility index (Phi) is 4.32. The molecular weight excluding hydrogens is 220 g/mol. The molecule has 0 spiro atoms. The molecule has 4 heteroatoms. The van der Waals surface area contributed by atoms with Gasteiger partial charge in [0.15, 0.2) is 0 Å². The van der Waals surface area contributed by atoms with Gasteiger partial charge in [0.25, 0.3) is 0 Å². The van der Waals surface area contributed by atoms with Crippen molar-refractivity contribution in [1.29, 1.82) is 0 Å². The lowest BCUT2D eigenvalue weighted by atomic mass is 9.96. The van der Waals surface area contributed by atoms with Crippen LogP contribution < -0.4 is 5.32 Å². The average molecular weight is 240 g/mol. The quantitative estimate of drug-likeness (QED) is 0.855. The van der Waals surface area contributed by atoms with Gasteiger partial charge in [-0.15, -0.1) is 11.3 Å². The summed E-state index contributed by atoms with van der Waals surface area (Å²) < 4.78 is 5.47. The average Bonchev–Trinajstić information content (AvgIpc) is 2.88. The van der Waals surface area contributed by atoms with Crippen molar-refractivity contribution in [2.75, 3.05) is 19.8 Å². The number of aromatic nitrogens is 1. The topological polar surface area (TPSA) is 34.2 Å². The molecular formula is C12H20N2OS. The molecule has 0 amide bonds. The van der Waals surface area contributed by atoms with E-state index in [1.165, 1.54) is 11.4 Å². The minimum Gasteiger partial charge on any atom is -0.381 e. The van der Waals surface area contributed by atoms with Gasteiger partial charge in [0.05, 0.1) is 11.6 Å². The van der Waals surface area contributed by atoms with Crippen LogP contribution in [-0.2, 0) is 11.2 Å². The molecule has 1 saturated heterocycles. The number of hydrogen-bond donors (Lipinski definition) is 1. The van der Waals surface area contributed by atoms with Gasteiger partial charge in [0.2, 0.25) is 0 Å². The molecule has 1 aromatic rings. The molecule has 0 aliphatic carbocycles. The van der Waals surface area contributed by atoms with Crippen molar-refractivity contribution in [2.45, 2.75) is 32.7 Å². The van der Waals surface area contributed by atoms with Gasteiger partial charge >= 0.3 is 0 Å². The lowest BCUT2D eigenvalue weighted by Gasteiger charge is -2.22. The van der Waals surface area contributed by atoms with E-state index in [1.807, 2.05) is 0 Å². The van der Waals surface area contributed by atoms with Crippen molar-refractivity contribution in [2.24, 2.45) is 5.92 Å². The van der Waals surface area contributed by atoms with E-state index < -0.39 is 0 Å². The normalized spacial score (nSPS) is 22.5. The molecule has 1 aromatic heterocycles. The lowest BCUT2D eigenvalue weighted by Crippen LogP contribution is -2.38. The molecule has 2 atom stereocenters. The number of nitrogens with one attached hydrogen (secondary N) is 1. The summed E-state index contributed by atoms with van der Waals surface area (Å²) in [6.45, 7) is 7.06. The van der Waals surface area contributed by atoms with E-state index in [4.69, 9.17) is 4.74 Å². The molecule has 2 rings (SSSR count). The van der Waals surface area contributed by atoms with E-state index in [0.717, 1.165) is 31.9 Å². The van der Waals surface area contributed by atoms with E-state index in [9.17, 15) is 0 Å². The lowest BCUT2D eigenvalue weighted by molar-refractivity contribution is 0.176. The highest BCUT2D eigenvalue weighted by Gasteiger charge is 2.25.